The summed E-state index contributed by atoms with van der Waals surface area (Å²) in [7, 11) is 0. The van der Waals surface area contributed by atoms with Crippen LogP contribution in [-0.4, -0.2) is 51.2 Å². The molecule has 0 atom stereocenters. The first-order valence-electron chi connectivity index (χ1n) is 10.2. The van der Waals surface area contributed by atoms with Gasteiger partial charge in [-0.1, -0.05) is 42.9 Å². The smallest absolute Gasteiger partial charge is 0.378 e. The number of rotatable bonds is 7. The molecule has 32 heavy (non-hydrogen) atoms. The van der Waals surface area contributed by atoms with Gasteiger partial charge in [0.2, 0.25) is 17.7 Å². The summed E-state index contributed by atoms with van der Waals surface area (Å²) in [6, 6.07) is 4.67. The topological polar surface area (TPSA) is 82.1 Å². The Kier molecular flexibility index (Phi) is 6.70. The maximum absolute atomic E-state index is 12.7. The lowest BCUT2D eigenvalue weighted by atomic mass is 10.1. The molecular formula is C20H23F3N6O2S. The van der Waals surface area contributed by atoms with Gasteiger partial charge in [-0.2, -0.15) is 18.2 Å². The highest BCUT2D eigenvalue weighted by Crippen LogP contribution is 2.31. The van der Waals surface area contributed by atoms with Crippen molar-refractivity contribution in [3.63, 3.8) is 0 Å². The summed E-state index contributed by atoms with van der Waals surface area (Å²) in [5, 5.41) is 13.4. The van der Waals surface area contributed by atoms with E-state index in [2.05, 4.69) is 43.7 Å². The first-order valence-corrected chi connectivity index (χ1v) is 11.2. The molecule has 1 saturated heterocycles. The van der Waals surface area contributed by atoms with Gasteiger partial charge in [0.1, 0.15) is 0 Å². The maximum Gasteiger partial charge on any atom is 0.416 e. The molecule has 2 aromatic heterocycles. The number of halogens is 3. The zero-order valence-corrected chi connectivity index (χ0v) is 18.5. The molecule has 1 aliphatic rings. The van der Waals surface area contributed by atoms with Gasteiger partial charge < -0.3 is 14.2 Å². The van der Waals surface area contributed by atoms with E-state index in [-0.39, 0.29) is 5.82 Å². The van der Waals surface area contributed by atoms with E-state index >= 15 is 0 Å². The van der Waals surface area contributed by atoms with Gasteiger partial charge in [-0.05, 0) is 18.1 Å². The molecule has 0 radical (unpaired) electrons. The molecule has 1 aromatic carbocycles. The van der Waals surface area contributed by atoms with Crippen LogP contribution in [0.25, 0.3) is 11.4 Å². The van der Waals surface area contributed by atoms with Crippen LogP contribution in [0.5, 0.6) is 0 Å². The summed E-state index contributed by atoms with van der Waals surface area (Å²) in [6.07, 6.45) is -4.39. The quantitative estimate of drug-likeness (QED) is 0.479. The van der Waals surface area contributed by atoms with Crippen molar-refractivity contribution in [3.8, 4) is 11.4 Å². The van der Waals surface area contributed by atoms with Crippen LogP contribution in [-0.2, 0) is 23.2 Å². The molecule has 0 N–H and O–H groups in total. The van der Waals surface area contributed by atoms with Crippen LogP contribution in [0.15, 0.2) is 33.9 Å². The molecular weight excluding hydrogens is 445 g/mol. The molecule has 1 fully saturated rings. The SMILES string of the molecule is CC(C)Cn1c(SCc2nc(-c3ccc(C(F)(F)F)cc3)no2)nnc1N1CCOCC1. The largest absolute Gasteiger partial charge is 0.416 e. The third-order valence-corrected chi connectivity index (χ3v) is 5.75. The van der Waals surface area contributed by atoms with Crippen molar-refractivity contribution in [1.29, 1.82) is 0 Å². The fraction of sp³-hybridized carbons (Fsp3) is 0.500. The van der Waals surface area contributed by atoms with Crippen molar-refractivity contribution in [3.05, 3.63) is 35.7 Å². The van der Waals surface area contributed by atoms with E-state index < -0.39 is 11.7 Å². The molecule has 3 aromatic rings. The number of ether oxygens (including phenoxy) is 1. The van der Waals surface area contributed by atoms with Gasteiger partial charge in [-0.25, -0.2) is 0 Å². The Morgan fingerprint density at radius 1 is 1.09 bits per heavy atom. The van der Waals surface area contributed by atoms with Crippen LogP contribution >= 0.6 is 11.8 Å². The summed E-state index contributed by atoms with van der Waals surface area (Å²) >= 11 is 1.43. The van der Waals surface area contributed by atoms with Gasteiger partial charge >= 0.3 is 6.18 Å². The number of morpholine rings is 1. The summed E-state index contributed by atoms with van der Waals surface area (Å²) in [5.74, 6) is 2.19. The third kappa shape index (κ3) is 5.23. The first kappa shape index (κ1) is 22.6. The summed E-state index contributed by atoms with van der Waals surface area (Å²) < 4.78 is 51.0. The molecule has 172 valence electrons. The number of alkyl halides is 3. The van der Waals surface area contributed by atoms with Crippen molar-refractivity contribution in [2.75, 3.05) is 31.2 Å². The molecule has 0 aliphatic carbocycles. The minimum absolute atomic E-state index is 0.243. The van der Waals surface area contributed by atoms with Gasteiger partial charge in [0.15, 0.2) is 5.16 Å². The van der Waals surface area contributed by atoms with Crippen LogP contribution in [0, 0.1) is 5.92 Å². The molecule has 12 heteroatoms. The molecule has 0 amide bonds. The first-order chi connectivity index (χ1) is 15.3. The van der Waals surface area contributed by atoms with Crippen molar-refractivity contribution >= 4 is 17.7 Å². The standard InChI is InChI=1S/C20H23F3N6O2S/c1-13(2)11-29-18(28-7-9-30-10-8-28)25-26-19(29)32-12-16-24-17(27-31-16)14-3-5-15(6-4-14)20(21,22)23/h3-6,13H,7-12H2,1-2H3. The lowest BCUT2D eigenvalue weighted by molar-refractivity contribution is -0.137. The van der Waals surface area contributed by atoms with Gasteiger partial charge in [-0.3, -0.25) is 4.57 Å². The fourth-order valence-corrected chi connectivity index (χ4v) is 4.06. The highest BCUT2D eigenvalue weighted by atomic mass is 32.2. The average molecular weight is 469 g/mol. The predicted molar refractivity (Wildman–Crippen MR) is 112 cm³/mol. The molecule has 1 aliphatic heterocycles. The Hall–Kier alpha value is -2.60. The van der Waals surface area contributed by atoms with Crippen molar-refractivity contribution in [2.45, 2.75) is 37.5 Å². The van der Waals surface area contributed by atoms with Gasteiger partial charge in [0.05, 0.1) is 24.5 Å². The van der Waals surface area contributed by atoms with Crippen LogP contribution in [0.3, 0.4) is 0 Å². The van der Waals surface area contributed by atoms with E-state index in [1.807, 2.05) is 0 Å². The Bertz CT molecular complexity index is 1030. The molecule has 0 unspecified atom stereocenters. The van der Waals surface area contributed by atoms with Crippen molar-refractivity contribution in [1.82, 2.24) is 24.9 Å². The normalized spacial score (nSPS) is 15.0. The number of hydrogen-bond acceptors (Lipinski definition) is 8. The zero-order chi connectivity index (χ0) is 22.7. The number of aromatic nitrogens is 5. The number of hydrogen-bond donors (Lipinski definition) is 0. The second kappa shape index (κ2) is 9.49. The van der Waals surface area contributed by atoms with E-state index in [0.29, 0.717) is 36.3 Å². The molecule has 8 nitrogen and oxygen atoms in total. The summed E-state index contributed by atoms with van der Waals surface area (Å²) in [5.41, 5.74) is -0.267. The van der Waals surface area contributed by atoms with Crippen molar-refractivity contribution < 1.29 is 22.4 Å². The highest BCUT2D eigenvalue weighted by molar-refractivity contribution is 7.98. The second-order valence-corrected chi connectivity index (χ2v) is 8.70. The molecule has 0 bridgehead atoms. The molecule has 4 rings (SSSR count). The maximum atomic E-state index is 12.7. The van der Waals surface area contributed by atoms with Crippen LogP contribution in [0.1, 0.15) is 25.3 Å². The lowest BCUT2D eigenvalue weighted by Crippen LogP contribution is -2.38. The number of thioether (sulfide) groups is 1. The van der Waals surface area contributed by atoms with Gasteiger partial charge in [0, 0.05) is 25.2 Å². The van der Waals surface area contributed by atoms with E-state index in [9.17, 15) is 13.2 Å². The van der Waals surface area contributed by atoms with E-state index in [1.54, 1.807) is 0 Å². The van der Waals surface area contributed by atoms with Crippen LogP contribution < -0.4 is 4.90 Å². The molecule has 0 saturated carbocycles. The second-order valence-electron chi connectivity index (χ2n) is 7.76. The van der Waals surface area contributed by atoms with Gasteiger partial charge in [0.25, 0.3) is 0 Å². The number of anilines is 1. The van der Waals surface area contributed by atoms with Crippen LogP contribution in [0.4, 0.5) is 19.1 Å². The summed E-state index contributed by atoms with van der Waals surface area (Å²) in [6.45, 7) is 7.87. The number of nitrogens with zero attached hydrogens (tertiary/aromatic N) is 6. The Labute approximate surface area is 187 Å². The Morgan fingerprint density at radius 2 is 1.81 bits per heavy atom. The van der Waals surface area contributed by atoms with E-state index in [0.717, 1.165) is 42.9 Å². The molecule has 0 spiro atoms. The molecule has 3 heterocycles. The Balaban J connectivity index is 1.46. The van der Waals surface area contributed by atoms with E-state index in [1.165, 1.54) is 23.9 Å². The third-order valence-electron chi connectivity index (χ3n) is 4.80. The number of benzene rings is 1. The Morgan fingerprint density at radius 3 is 2.47 bits per heavy atom. The fourth-order valence-electron chi connectivity index (χ4n) is 3.28. The average Bonchev–Trinajstić information content (AvgIpc) is 3.39. The highest BCUT2D eigenvalue weighted by Gasteiger charge is 2.30. The zero-order valence-electron chi connectivity index (χ0n) is 17.7. The van der Waals surface area contributed by atoms with Gasteiger partial charge in [-0.15, -0.1) is 10.2 Å². The minimum Gasteiger partial charge on any atom is -0.378 e. The lowest BCUT2D eigenvalue weighted by Gasteiger charge is -2.28. The summed E-state index contributed by atoms with van der Waals surface area (Å²) in [4.78, 5) is 6.48. The minimum atomic E-state index is -4.39. The van der Waals surface area contributed by atoms with Crippen LogP contribution in [0.2, 0.25) is 0 Å². The van der Waals surface area contributed by atoms with Crippen molar-refractivity contribution in [2.24, 2.45) is 5.92 Å². The van der Waals surface area contributed by atoms with E-state index in [4.69, 9.17) is 9.26 Å². The predicted octanol–water partition coefficient (Wildman–Crippen LogP) is 4.13. The monoisotopic (exact) mass is 468 g/mol.